The fourth-order valence-corrected chi connectivity index (χ4v) is 2.41. The third-order valence-electron chi connectivity index (χ3n) is 3.89. The Balaban J connectivity index is 2.21. The summed E-state index contributed by atoms with van der Waals surface area (Å²) in [6.07, 6.45) is 1.02. The number of rotatable bonds is 9. The zero-order valence-corrected chi connectivity index (χ0v) is 18.4. The topological polar surface area (TPSA) is 85.3 Å². The molecule has 8 nitrogen and oxygen atoms in total. The van der Waals surface area contributed by atoms with Crippen LogP contribution in [0, 0.1) is 5.92 Å². The van der Waals surface area contributed by atoms with Crippen LogP contribution in [0.3, 0.4) is 0 Å². The number of thiocarbonyl (C=S) groups is 2. The van der Waals surface area contributed by atoms with Gasteiger partial charge < -0.3 is 15.4 Å². The van der Waals surface area contributed by atoms with Crippen molar-refractivity contribution in [3.8, 4) is 0 Å². The second kappa shape index (κ2) is 13.8. The number of hydrazone groups is 2. The molecule has 10 heteroatoms. The van der Waals surface area contributed by atoms with Gasteiger partial charge in [0.25, 0.3) is 0 Å². The Morgan fingerprint density at radius 1 is 1.00 bits per heavy atom. The first-order valence-electron chi connectivity index (χ1n) is 9.35. The number of nitrogens with one attached hydrogen (secondary N) is 4. The first kappa shape index (κ1) is 23.7. The maximum atomic E-state index is 5.34. The van der Waals surface area contributed by atoms with Crippen molar-refractivity contribution in [2.24, 2.45) is 16.1 Å². The number of hydrogen-bond donors (Lipinski definition) is 4. The lowest BCUT2D eigenvalue weighted by Gasteiger charge is -2.26. The molecule has 0 aromatic heterocycles. The second-order valence-electron chi connectivity index (χ2n) is 6.79. The predicted octanol–water partition coefficient (Wildman–Crippen LogP) is 1.04. The quantitative estimate of drug-likeness (QED) is 0.192. The van der Waals surface area contributed by atoms with Crippen LogP contribution in [0.15, 0.2) is 10.2 Å². The summed E-state index contributed by atoms with van der Waals surface area (Å²) in [6, 6.07) is 0. The average Bonchev–Trinajstić information content (AvgIpc) is 2.66. The molecule has 0 aliphatic carbocycles. The highest BCUT2D eigenvalue weighted by atomic mass is 32.1. The van der Waals surface area contributed by atoms with Gasteiger partial charge in [0.2, 0.25) is 0 Å². The molecule has 1 aliphatic heterocycles. The molecular weight excluding hydrogens is 382 g/mol. The summed E-state index contributed by atoms with van der Waals surface area (Å²) in [7, 11) is 0. The van der Waals surface area contributed by atoms with Crippen LogP contribution >= 0.6 is 24.4 Å². The Bertz CT molecular complexity index is 531. The largest absolute Gasteiger partial charge is 0.379 e. The van der Waals surface area contributed by atoms with E-state index in [1.807, 2.05) is 13.8 Å². The van der Waals surface area contributed by atoms with Gasteiger partial charge in [-0.3, -0.25) is 15.8 Å². The average molecular weight is 416 g/mol. The molecule has 1 saturated heterocycles. The summed E-state index contributed by atoms with van der Waals surface area (Å²) in [6.45, 7) is 14.3. The van der Waals surface area contributed by atoms with Gasteiger partial charge in [0.1, 0.15) is 0 Å². The number of morpholine rings is 1. The van der Waals surface area contributed by atoms with Crippen molar-refractivity contribution >= 4 is 46.1 Å². The van der Waals surface area contributed by atoms with Crippen molar-refractivity contribution in [3.05, 3.63) is 0 Å². The summed E-state index contributed by atoms with van der Waals surface area (Å²) in [4.78, 5) is 2.40. The first-order valence-corrected chi connectivity index (χ1v) is 10.2. The Hall–Kier alpha value is -1.36. The van der Waals surface area contributed by atoms with E-state index in [-0.39, 0.29) is 0 Å². The third-order valence-corrected chi connectivity index (χ3v) is 4.36. The zero-order chi connectivity index (χ0) is 20.1. The smallest absolute Gasteiger partial charge is 0.186 e. The zero-order valence-electron chi connectivity index (χ0n) is 16.8. The molecule has 0 aromatic carbocycles. The summed E-state index contributed by atoms with van der Waals surface area (Å²) in [5.74, 6) is 0.518. The monoisotopic (exact) mass is 415 g/mol. The first-order chi connectivity index (χ1) is 12.9. The van der Waals surface area contributed by atoms with Crippen molar-refractivity contribution < 1.29 is 4.74 Å². The molecule has 1 rings (SSSR count). The molecule has 1 aliphatic rings. The van der Waals surface area contributed by atoms with Gasteiger partial charge in [-0.15, -0.1) is 0 Å². The molecule has 4 N–H and O–H groups in total. The Kier molecular flexibility index (Phi) is 12.1. The van der Waals surface area contributed by atoms with E-state index < -0.39 is 0 Å². The summed E-state index contributed by atoms with van der Waals surface area (Å²) < 4.78 is 5.34. The van der Waals surface area contributed by atoms with Gasteiger partial charge in [0.05, 0.1) is 24.6 Å². The second-order valence-corrected chi connectivity index (χ2v) is 7.60. The number of hydrogen-bond acceptors (Lipinski definition) is 6. The molecule has 0 unspecified atom stereocenters. The minimum absolute atomic E-state index is 0.501. The maximum Gasteiger partial charge on any atom is 0.186 e. The number of nitrogens with zero attached hydrogens (tertiary/aromatic N) is 3. The van der Waals surface area contributed by atoms with Gasteiger partial charge in [0, 0.05) is 26.2 Å². The highest BCUT2D eigenvalue weighted by Crippen LogP contribution is 1.97. The van der Waals surface area contributed by atoms with Crippen molar-refractivity contribution in [3.63, 3.8) is 0 Å². The molecule has 1 fully saturated rings. The summed E-state index contributed by atoms with van der Waals surface area (Å²) in [5.41, 5.74) is 7.12. The lowest BCUT2D eigenvalue weighted by molar-refractivity contribution is 0.0376. The maximum absolute atomic E-state index is 5.34. The molecule has 0 atom stereocenters. The molecule has 0 saturated carbocycles. The van der Waals surface area contributed by atoms with Crippen LogP contribution in [0.25, 0.3) is 0 Å². The molecule has 154 valence electrons. The molecule has 0 radical (unpaired) electrons. The molecule has 27 heavy (non-hydrogen) atoms. The van der Waals surface area contributed by atoms with Crippen molar-refractivity contribution in [1.82, 2.24) is 26.4 Å². The van der Waals surface area contributed by atoms with E-state index in [1.165, 1.54) is 0 Å². The molecular formula is C17H33N7OS2. The van der Waals surface area contributed by atoms with Crippen LogP contribution in [-0.2, 0) is 4.74 Å². The van der Waals surface area contributed by atoms with Gasteiger partial charge in [-0.1, -0.05) is 13.8 Å². The highest BCUT2D eigenvalue weighted by molar-refractivity contribution is 7.80. The van der Waals surface area contributed by atoms with Crippen LogP contribution in [0.4, 0.5) is 0 Å². The van der Waals surface area contributed by atoms with Gasteiger partial charge in [-0.25, -0.2) is 0 Å². The Labute approximate surface area is 173 Å². The summed E-state index contributed by atoms with van der Waals surface area (Å²) in [5, 5.41) is 15.7. The van der Waals surface area contributed by atoms with E-state index in [4.69, 9.17) is 29.2 Å². The highest BCUT2D eigenvalue weighted by Gasteiger charge is 2.09. The normalized spacial score (nSPS) is 16.2. The fraction of sp³-hybridized carbons (Fsp3) is 0.765. The minimum atomic E-state index is 0.501. The Morgan fingerprint density at radius 2 is 1.56 bits per heavy atom. The molecule has 0 spiro atoms. The third kappa shape index (κ3) is 11.9. The van der Waals surface area contributed by atoms with Crippen LogP contribution < -0.4 is 21.5 Å². The lowest BCUT2D eigenvalue weighted by atomic mass is 10.2. The lowest BCUT2D eigenvalue weighted by Crippen LogP contribution is -2.39. The van der Waals surface area contributed by atoms with E-state index in [2.05, 4.69) is 50.4 Å². The van der Waals surface area contributed by atoms with Gasteiger partial charge in [-0.05, 0) is 57.2 Å². The standard InChI is InChI=1S/C17H33N7OS2/c1-13(2)12-19-17(27)23-21-15(4)14(3)20-22-16(26)18-6-5-7-24-8-10-25-11-9-24/h13H,5-12H2,1-4H3,(H2,18,22,26)(H2,19,23,27)/b20-14-,21-15-. The van der Waals surface area contributed by atoms with Crippen LogP contribution in [0.2, 0.25) is 0 Å². The summed E-state index contributed by atoms with van der Waals surface area (Å²) >= 11 is 10.4. The molecule has 1 heterocycles. The van der Waals surface area contributed by atoms with E-state index in [9.17, 15) is 0 Å². The minimum Gasteiger partial charge on any atom is -0.379 e. The molecule has 0 aromatic rings. The van der Waals surface area contributed by atoms with Crippen molar-refractivity contribution in [2.75, 3.05) is 45.9 Å². The molecule has 0 bridgehead atoms. The van der Waals surface area contributed by atoms with E-state index in [0.29, 0.717) is 16.1 Å². The van der Waals surface area contributed by atoms with Crippen molar-refractivity contribution in [1.29, 1.82) is 0 Å². The van der Waals surface area contributed by atoms with Crippen LogP contribution in [-0.4, -0.2) is 72.5 Å². The molecule has 0 amide bonds. The van der Waals surface area contributed by atoms with Gasteiger partial charge in [0.15, 0.2) is 10.2 Å². The predicted molar refractivity (Wildman–Crippen MR) is 120 cm³/mol. The van der Waals surface area contributed by atoms with E-state index in [0.717, 1.165) is 63.8 Å². The van der Waals surface area contributed by atoms with E-state index >= 15 is 0 Å². The van der Waals surface area contributed by atoms with Gasteiger partial charge >= 0.3 is 0 Å². The van der Waals surface area contributed by atoms with E-state index in [1.54, 1.807) is 0 Å². The van der Waals surface area contributed by atoms with Crippen LogP contribution in [0.1, 0.15) is 34.1 Å². The SMILES string of the molecule is CC(=N/NC(=S)NCCCN1CCOCC1)/C(C)=N\NC(=S)NCC(C)C. The number of ether oxygens (including phenoxy) is 1. The van der Waals surface area contributed by atoms with Crippen LogP contribution in [0.5, 0.6) is 0 Å². The van der Waals surface area contributed by atoms with Gasteiger partial charge in [-0.2, -0.15) is 10.2 Å². The fourth-order valence-electron chi connectivity index (χ4n) is 2.14. The van der Waals surface area contributed by atoms with Crippen molar-refractivity contribution in [2.45, 2.75) is 34.1 Å². The Morgan fingerprint density at radius 3 is 2.11 bits per heavy atom.